The van der Waals surface area contributed by atoms with Crippen LogP contribution in [0.1, 0.15) is 37.9 Å². The minimum Gasteiger partial charge on any atom is -0.494 e. The van der Waals surface area contributed by atoms with Gasteiger partial charge in [-0.25, -0.2) is 0 Å². The van der Waals surface area contributed by atoms with E-state index >= 15 is 0 Å². The van der Waals surface area contributed by atoms with E-state index in [0.717, 1.165) is 11.3 Å². The number of carbonyl (C=O) groups is 1. The summed E-state index contributed by atoms with van der Waals surface area (Å²) in [6.07, 6.45) is 1.27. The monoisotopic (exact) mass is 252 g/mol. The lowest BCUT2D eigenvalue weighted by molar-refractivity contribution is -0.140. The lowest BCUT2D eigenvalue weighted by Crippen LogP contribution is -2.04. The number of hydrogen-bond acceptors (Lipinski definition) is 4. The van der Waals surface area contributed by atoms with Gasteiger partial charge in [-0.15, -0.1) is 0 Å². The van der Waals surface area contributed by atoms with Gasteiger partial charge in [0.15, 0.2) is 0 Å². The number of aliphatic hydroxyl groups excluding tert-OH is 1. The third kappa shape index (κ3) is 4.75. The number of hydrogen-bond donors (Lipinski definition) is 1. The number of aliphatic hydroxyl groups is 1. The Morgan fingerprint density at radius 3 is 2.56 bits per heavy atom. The van der Waals surface area contributed by atoms with Gasteiger partial charge in [-0.05, 0) is 30.5 Å². The summed E-state index contributed by atoms with van der Waals surface area (Å²) in [4.78, 5) is 10.9. The third-order valence-corrected chi connectivity index (χ3v) is 2.67. The second-order valence-electron chi connectivity index (χ2n) is 4.02. The van der Waals surface area contributed by atoms with Crippen molar-refractivity contribution in [2.24, 2.45) is 0 Å². The first kappa shape index (κ1) is 14.5. The van der Waals surface area contributed by atoms with Crippen molar-refractivity contribution in [2.45, 2.75) is 32.3 Å². The van der Waals surface area contributed by atoms with Crippen LogP contribution in [0.3, 0.4) is 0 Å². The molecule has 0 saturated carbocycles. The summed E-state index contributed by atoms with van der Waals surface area (Å²) in [6.45, 7) is 2.41. The van der Waals surface area contributed by atoms with Gasteiger partial charge in [-0.1, -0.05) is 19.1 Å². The molecular weight excluding hydrogens is 232 g/mol. The van der Waals surface area contributed by atoms with Crippen LogP contribution in [0.2, 0.25) is 0 Å². The van der Waals surface area contributed by atoms with Crippen LogP contribution in [0.25, 0.3) is 0 Å². The lowest BCUT2D eigenvalue weighted by Gasteiger charge is -2.10. The molecule has 18 heavy (non-hydrogen) atoms. The average molecular weight is 252 g/mol. The quantitative estimate of drug-likeness (QED) is 0.598. The lowest BCUT2D eigenvalue weighted by atomic mass is 10.1. The highest BCUT2D eigenvalue weighted by Gasteiger charge is 2.04. The highest BCUT2D eigenvalue weighted by atomic mass is 16.5. The SMILES string of the molecule is CC[C@H](O)c1ccc(OCCCC(=O)OC)cc1. The normalized spacial score (nSPS) is 11.9. The van der Waals surface area contributed by atoms with Crippen molar-refractivity contribution in [3.8, 4) is 5.75 Å². The minimum absolute atomic E-state index is 0.222. The van der Waals surface area contributed by atoms with Crippen LogP contribution < -0.4 is 4.74 Å². The Morgan fingerprint density at radius 1 is 1.33 bits per heavy atom. The topological polar surface area (TPSA) is 55.8 Å². The van der Waals surface area contributed by atoms with Gasteiger partial charge in [0.05, 0.1) is 19.8 Å². The van der Waals surface area contributed by atoms with Gasteiger partial charge >= 0.3 is 5.97 Å². The van der Waals surface area contributed by atoms with E-state index in [0.29, 0.717) is 25.9 Å². The Morgan fingerprint density at radius 2 is 2.00 bits per heavy atom. The fourth-order valence-electron chi connectivity index (χ4n) is 1.53. The fourth-order valence-corrected chi connectivity index (χ4v) is 1.53. The number of ether oxygens (including phenoxy) is 2. The smallest absolute Gasteiger partial charge is 0.305 e. The van der Waals surface area contributed by atoms with Crippen molar-refractivity contribution in [1.29, 1.82) is 0 Å². The predicted molar refractivity (Wildman–Crippen MR) is 68.4 cm³/mol. The van der Waals surface area contributed by atoms with E-state index in [1.807, 2.05) is 31.2 Å². The molecule has 1 atom stereocenters. The van der Waals surface area contributed by atoms with Crippen molar-refractivity contribution < 1.29 is 19.4 Å². The van der Waals surface area contributed by atoms with Crippen molar-refractivity contribution in [3.05, 3.63) is 29.8 Å². The zero-order chi connectivity index (χ0) is 13.4. The molecule has 0 amide bonds. The molecule has 0 spiro atoms. The van der Waals surface area contributed by atoms with E-state index in [-0.39, 0.29) is 5.97 Å². The Balaban J connectivity index is 2.33. The molecule has 1 aromatic rings. The minimum atomic E-state index is -0.418. The molecule has 0 aromatic heterocycles. The Hall–Kier alpha value is -1.55. The highest BCUT2D eigenvalue weighted by Crippen LogP contribution is 2.19. The first-order valence-corrected chi connectivity index (χ1v) is 6.15. The Labute approximate surface area is 108 Å². The van der Waals surface area contributed by atoms with E-state index in [1.165, 1.54) is 7.11 Å². The second kappa shape index (κ2) is 7.71. The zero-order valence-electron chi connectivity index (χ0n) is 10.9. The summed E-state index contributed by atoms with van der Waals surface area (Å²) >= 11 is 0. The van der Waals surface area contributed by atoms with Crippen molar-refractivity contribution >= 4 is 5.97 Å². The molecule has 100 valence electrons. The third-order valence-electron chi connectivity index (χ3n) is 2.67. The summed E-state index contributed by atoms with van der Waals surface area (Å²) in [5.74, 6) is 0.520. The highest BCUT2D eigenvalue weighted by molar-refractivity contribution is 5.69. The molecule has 0 aliphatic rings. The summed E-state index contributed by atoms with van der Waals surface area (Å²) in [5.41, 5.74) is 0.888. The molecule has 0 fully saturated rings. The van der Waals surface area contributed by atoms with E-state index in [2.05, 4.69) is 4.74 Å². The van der Waals surface area contributed by atoms with Crippen LogP contribution in [-0.4, -0.2) is 24.8 Å². The molecule has 1 rings (SSSR count). The van der Waals surface area contributed by atoms with E-state index in [1.54, 1.807) is 0 Å². The van der Waals surface area contributed by atoms with Gasteiger partial charge in [0, 0.05) is 6.42 Å². The molecule has 1 N–H and O–H groups in total. The fraction of sp³-hybridized carbons (Fsp3) is 0.500. The van der Waals surface area contributed by atoms with Crippen LogP contribution >= 0.6 is 0 Å². The van der Waals surface area contributed by atoms with E-state index in [4.69, 9.17) is 4.74 Å². The molecule has 0 radical (unpaired) electrons. The van der Waals surface area contributed by atoms with Crippen molar-refractivity contribution in [2.75, 3.05) is 13.7 Å². The molecule has 1 aromatic carbocycles. The summed E-state index contributed by atoms with van der Waals surface area (Å²) in [7, 11) is 1.38. The van der Waals surface area contributed by atoms with Crippen molar-refractivity contribution in [3.63, 3.8) is 0 Å². The van der Waals surface area contributed by atoms with Crippen LogP contribution in [0.5, 0.6) is 5.75 Å². The standard InChI is InChI=1S/C14H20O4/c1-3-13(15)11-6-8-12(9-7-11)18-10-4-5-14(16)17-2/h6-9,13,15H,3-5,10H2,1-2H3/t13-/m0/s1. The van der Waals surface area contributed by atoms with Crippen molar-refractivity contribution in [1.82, 2.24) is 0 Å². The van der Waals surface area contributed by atoms with Crippen LogP contribution in [0.4, 0.5) is 0 Å². The van der Waals surface area contributed by atoms with E-state index < -0.39 is 6.10 Å². The molecular formula is C14H20O4. The molecule has 0 bridgehead atoms. The van der Waals surface area contributed by atoms with Gasteiger partial charge in [0.1, 0.15) is 5.75 Å². The number of methoxy groups -OCH3 is 1. The molecule has 0 heterocycles. The van der Waals surface area contributed by atoms with Gasteiger partial charge < -0.3 is 14.6 Å². The zero-order valence-corrected chi connectivity index (χ0v) is 10.9. The van der Waals surface area contributed by atoms with Gasteiger partial charge in [-0.3, -0.25) is 4.79 Å². The van der Waals surface area contributed by atoms with E-state index in [9.17, 15) is 9.90 Å². The maximum absolute atomic E-state index is 10.9. The predicted octanol–water partition coefficient (Wildman–Crippen LogP) is 2.46. The molecule has 4 heteroatoms. The summed E-state index contributed by atoms with van der Waals surface area (Å²) in [6, 6.07) is 7.35. The Bertz CT molecular complexity index is 359. The first-order chi connectivity index (χ1) is 8.67. The number of esters is 1. The van der Waals surface area contributed by atoms with Gasteiger partial charge in [0.25, 0.3) is 0 Å². The van der Waals surface area contributed by atoms with Gasteiger partial charge in [0.2, 0.25) is 0 Å². The summed E-state index contributed by atoms with van der Waals surface area (Å²) in [5, 5.41) is 9.63. The first-order valence-electron chi connectivity index (χ1n) is 6.15. The van der Waals surface area contributed by atoms with Crippen LogP contribution in [0, 0.1) is 0 Å². The summed E-state index contributed by atoms with van der Waals surface area (Å²) < 4.78 is 10.0. The second-order valence-corrected chi connectivity index (χ2v) is 4.02. The van der Waals surface area contributed by atoms with Crippen LogP contribution in [-0.2, 0) is 9.53 Å². The maximum atomic E-state index is 10.9. The molecule has 4 nitrogen and oxygen atoms in total. The number of benzene rings is 1. The maximum Gasteiger partial charge on any atom is 0.305 e. The molecule has 0 aliphatic heterocycles. The Kier molecular flexibility index (Phi) is 6.22. The average Bonchev–Trinajstić information content (AvgIpc) is 2.43. The molecule has 0 unspecified atom stereocenters. The molecule has 0 aliphatic carbocycles. The number of carbonyl (C=O) groups excluding carboxylic acids is 1. The largest absolute Gasteiger partial charge is 0.494 e. The van der Waals surface area contributed by atoms with Gasteiger partial charge in [-0.2, -0.15) is 0 Å². The van der Waals surface area contributed by atoms with Crippen LogP contribution in [0.15, 0.2) is 24.3 Å². The number of rotatable bonds is 7. The molecule has 0 saturated heterocycles.